The fourth-order valence-corrected chi connectivity index (χ4v) is 3.02. The number of pyridine rings is 1. The first-order valence-corrected chi connectivity index (χ1v) is 7.79. The van der Waals surface area contributed by atoms with Crippen molar-refractivity contribution in [1.29, 1.82) is 0 Å². The quantitative estimate of drug-likeness (QED) is 0.623. The van der Waals surface area contributed by atoms with Gasteiger partial charge in [-0.1, -0.05) is 35.9 Å². The van der Waals surface area contributed by atoms with Crippen molar-refractivity contribution < 1.29 is 4.79 Å². The molecule has 6 heteroatoms. The van der Waals surface area contributed by atoms with Crippen molar-refractivity contribution in [2.24, 2.45) is 5.73 Å². The first-order chi connectivity index (χ1) is 11.6. The lowest BCUT2D eigenvalue weighted by atomic mass is 10.1. The lowest BCUT2D eigenvalue weighted by Gasteiger charge is -2.06. The van der Waals surface area contributed by atoms with E-state index >= 15 is 0 Å². The number of aromatic nitrogens is 3. The molecule has 118 valence electrons. The molecule has 1 amide bonds. The highest BCUT2D eigenvalue weighted by Gasteiger charge is 2.14. The number of benzene rings is 2. The van der Waals surface area contributed by atoms with Crippen molar-refractivity contribution in [2.75, 3.05) is 0 Å². The maximum absolute atomic E-state index is 11.6. The van der Waals surface area contributed by atoms with E-state index in [1.807, 2.05) is 48.5 Å². The minimum Gasteiger partial charge on any atom is -0.364 e. The molecule has 2 aromatic heterocycles. The van der Waals surface area contributed by atoms with Crippen molar-refractivity contribution in [2.45, 2.75) is 6.54 Å². The van der Waals surface area contributed by atoms with Crippen LogP contribution in [-0.4, -0.2) is 20.7 Å². The van der Waals surface area contributed by atoms with Crippen LogP contribution in [0.15, 0.2) is 54.7 Å². The van der Waals surface area contributed by atoms with E-state index in [1.54, 1.807) is 10.9 Å². The number of rotatable bonds is 3. The first kappa shape index (κ1) is 14.7. The standard InChI is InChI=1S/C18H13ClN4O/c19-13-8-12-7-11(5-6-15(12)21-9-13)10-23-16-4-2-1-3-14(16)17(22-23)18(20)24/h1-9H,10H2,(H2,20,24). The highest BCUT2D eigenvalue weighted by Crippen LogP contribution is 2.22. The van der Waals surface area contributed by atoms with Gasteiger partial charge in [0.05, 0.1) is 22.6 Å². The molecule has 24 heavy (non-hydrogen) atoms. The average molecular weight is 337 g/mol. The molecule has 4 rings (SSSR count). The van der Waals surface area contributed by atoms with Gasteiger partial charge in [-0.2, -0.15) is 5.10 Å². The third kappa shape index (κ3) is 2.49. The number of halogens is 1. The molecule has 0 aliphatic rings. The lowest BCUT2D eigenvalue weighted by molar-refractivity contribution is 0.0996. The molecule has 2 heterocycles. The molecule has 5 nitrogen and oxygen atoms in total. The predicted octanol–water partition coefficient (Wildman–Crippen LogP) is 3.39. The minimum absolute atomic E-state index is 0.288. The van der Waals surface area contributed by atoms with Crippen LogP contribution in [0, 0.1) is 0 Å². The van der Waals surface area contributed by atoms with Gasteiger partial charge in [-0.15, -0.1) is 0 Å². The van der Waals surface area contributed by atoms with Gasteiger partial charge >= 0.3 is 0 Å². The molecular weight excluding hydrogens is 324 g/mol. The highest BCUT2D eigenvalue weighted by molar-refractivity contribution is 6.31. The Bertz CT molecular complexity index is 1090. The van der Waals surface area contributed by atoms with E-state index in [0.29, 0.717) is 11.6 Å². The van der Waals surface area contributed by atoms with Gasteiger partial charge in [0.25, 0.3) is 5.91 Å². The summed E-state index contributed by atoms with van der Waals surface area (Å²) in [6.45, 7) is 0.524. The zero-order chi connectivity index (χ0) is 16.7. The Hall–Kier alpha value is -2.92. The second kappa shape index (κ2) is 5.62. The topological polar surface area (TPSA) is 73.8 Å². The Morgan fingerprint density at radius 3 is 2.83 bits per heavy atom. The monoisotopic (exact) mass is 336 g/mol. The zero-order valence-corrected chi connectivity index (χ0v) is 13.4. The first-order valence-electron chi connectivity index (χ1n) is 7.41. The number of primary amides is 1. The number of nitrogens with zero attached hydrogens (tertiary/aromatic N) is 3. The number of carbonyl (C=O) groups excluding carboxylic acids is 1. The molecule has 0 atom stereocenters. The molecular formula is C18H13ClN4O. The van der Waals surface area contributed by atoms with Gasteiger partial charge in [0, 0.05) is 17.0 Å². The van der Waals surface area contributed by atoms with E-state index < -0.39 is 5.91 Å². The summed E-state index contributed by atoms with van der Waals surface area (Å²) in [5, 5.41) is 6.70. The van der Waals surface area contributed by atoms with Gasteiger partial charge in [0.1, 0.15) is 0 Å². The summed E-state index contributed by atoms with van der Waals surface area (Å²) < 4.78 is 1.79. The van der Waals surface area contributed by atoms with E-state index in [9.17, 15) is 4.79 Å². The van der Waals surface area contributed by atoms with E-state index in [2.05, 4.69) is 10.1 Å². The van der Waals surface area contributed by atoms with Gasteiger partial charge in [0.15, 0.2) is 5.69 Å². The third-order valence-electron chi connectivity index (χ3n) is 3.94. The fourth-order valence-electron chi connectivity index (χ4n) is 2.86. The lowest BCUT2D eigenvalue weighted by Crippen LogP contribution is -2.13. The van der Waals surface area contributed by atoms with Gasteiger partial charge in [-0.25, -0.2) is 0 Å². The van der Waals surface area contributed by atoms with E-state index in [4.69, 9.17) is 17.3 Å². The maximum atomic E-state index is 11.6. The molecule has 0 spiro atoms. The number of amides is 1. The largest absolute Gasteiger partial charge is 0.364 e. The number of fused-ring (bicyclic) bond motifs is 2. The SMILES string of the molecule is NC(=O)c1nn(Cc2ccc3ncc(Cl)cc3c2)c2ccccc12. The number of nitrogens with two attached hydrogens (primary N) is 1. The zero-order valence-electron chi connectivity index (χ0n) is 12.6. The smallest absolute Gasteiger partial charge is 0.269 e. The molecule has 2 N–H and O–H groups in total. The summed E-state index contributed by atoms with van der Waals surface area (Å²) in [5.41, 5.74) is 8.52. The van der Waals surface area contributed by atoms with Crippen LogP contribution < -0.4 is 5.73 Å². The third-order valence-corrected chi connectivity index (χ3v) is 4.14. The summed E-state index contributed by atoms with van der Waals surface area (Å²) >= 11 is 6.02. The van der Waals surface area contributed by atoms with Gasteiger partial charge in [-0.05, 0) is 29.8 Å². The van der Waals surface area contributed by atoms with Gasteiger partial charge in [-0.3, -0.25) is 14.5 Å². The van der Waals surface area contributed by atoms with Crippen LogP contribution in [0.1, 0.15) is 16.1 Å². The highest BCUT2D eigenvalue weighted by atomic mass is 35.5. The molecule has 0 fully saturated rings. The van der Waals surface area contributed by atoms with Crippen molar-refractivity contribution in [3.05, 3.63) is 71.0 Å². The maximum Gasteiger partial charge on any atom is 0.269 e. The summed E-state index contributed by atoms with van der Waals surface area (Å²) in [5.74, 6) is -0.528. The van der Waals surface area contributed by atoms with E-state index in [-0.39, 0.29) is 5.69 Å². The van der Waals surface area contributed by atoms with Crippen LogP contribution in [0.5, 0.6) is 0 Å². The van der Waals surface area contributed by atoms with Crippen LogP contribution in [0.2, 0.25) is 5.02 Å². The Morgan fingerprint density at radius 2 is 2.00 bits per heavy atom. The van der Waals surface area contributed by atoms with Crippen molar-refractivity contribution >= 4 is 39.3 Å². The molecule has 0 radical (unpaired) electrons. The molecule has 0 unspecified atom stereocenters. The minimum atomic E-state index is -0.528. The number of carbonyl (C=O) groups is 1. The molecule has 0 saturated heterocycles. The van der Waals surface area contributed by atoms with Gasteiger partial charge in [0.2, 0.25) is 0 Å². The Labute approximate surface area is 142 Å². The van der Waals surface area contributed by atoms with Crippen molar-refractivity contribution in [3.63, 3.8) is 0 Å². The summed E-state index contributed by atoms with van der Waals surface area (Å²) in [7, 11) is 0. The van der Waals surface area contributed by atoms with Crippen LogP contribution in [-0.2, 0) is 6.54 Å². The Kier molecular flexibility index (Phi) is 3.43. The van der Waals surface area contributed by atoms with Crippen molar-refractivity contribution in [1.82, 2.24) is 14.8 Å². The summed E-state index contributed by atoms with van der Waals surface area (Å²) in [6, 6.07) is 15.4. The molecule has 0 bridgehead atoms. The number of hydrogen-bond donors (Lipinski definition) is 1. The van der Waals surface area contributed by atoms with E-state index in [1.165, 1.54) is 0 Å². The molecule has 0 aliphatic heterocycles. The van der Waals surface area contributed by atoms with Crippen LogP contribution in [0.25, 0.3) is 21.8 Å². The van der Waals surface area contributed by atoms with Gasteiger partial charge < -0.3 is 5.73 Å². The molecule has 4 aromatic rings. The molecule has 0 aliphatic carbocycles. The van der Waals surface area contributed by atoms with Crippen molar-refractivity contribution in [3.8, 4) is 0 Å². The Morgan fingerprint density at radius 1 is 1.17 bits per heavy atom. The second-order valence-electron chi connectivity index (χ2n) is 5.57. The molecule has 2 aromatic carbocycles. The van der Waals surface area contributed by atoms with Crippen LogP contribution in [0.3, 0.4) is 0 Å². The fraction of sp³-hybridized carbons (Fsp3) is 0.0556. The second-order valence-corrected chi connectivity index (χ2v) is 6.00. The number of hydrogen-bond acceptors (Lipinski definition) is 3. The average Bonchev–Trinajstić information content (AvgIpc) is 2.94. The van der Waals surface area contributed by atoms with E-state index in [0.717, 1.165) is 27.4 Å². The summed E-state index contributed by atoms with van der Waals surface area (Å²) in [4.78, 5) is 15.9. The van der Waals surface area contributed by atoms with Crippen LogP contribution in [0.4, 0.5) is 0 Å². The predicted molar refractivity (Wildman–Crippen MR) is 94.1 cm³/mol. The number of para-hydroxylation sites is 1. The van der Waals surface area contributed by atoms with Crippen LogP contribution >= 0.6 is 11.6 Å². The summed E-state index contributed by atoms with van der Waals surface area (Å²) in [6.07, 6.45) is 1.63. The Balaban J connectivity index is 1.80. The molecule has 0 saturated carbocycles. The normalized spacial score (nSPS) is 11.2.